The lowest BCUT2D eigenvalue weighted by Crippen LogP contribution is -2.38. The van der Waals surface area contributed by atoms with Gasteiger partial charge in [-0.05, 0) is 12.3 Å². The summed E-state index contributed by atoms with van der Waals surface area (Å²) in [5.41, 5.74) is 0. The Morgan fingerprint density at radius 2 is 2.38 bits per heavy atom. The van der Waals surface area contributed by atoms with Crippen LogP contribution in [0.4, 0.5) is 4.79 Å². The Kier molecular flexibility index (Phi) is 4.52. The molecule has 0 aromatic carbocycles. The van der Waals surface area contributed by atoms with Crippen molar-refractivity contribution in [1.29, 1.82) is 0 Å². The fourth-order valence-corrected chi connectivity index (χ4v) is 1.88. The summed E-state index contributed by atoms with van der Waals surface area (Å²) in [6.45, 7) is 8.37. The number of carbonyl (C=O) groups excluding carboxylic acids is 2. The molecule has 0 radical (unpaired) electrons. The number of carbonyl (C=O) groups is 2. The number of hydrogen-bond acceptors (Lipinski definition) is 3. The van der Waals surface area contributed by atoms with Crippen molar-refractivity contribution < 1.29 is 14.3 Å². The number of ether oxygens (including phenoxy) is 1. The summed E-state index contributed by atoms with van der Waals surface area (Å²) >= 11 is 0. The van der Waals surface area contributed by atoms with E-state index in [4.69, 9.17) is 4.74 Å². The van der Waals surface area contributed by atoms with Crippen molar-refractivity contribution in [3.8, 4) is 0 Å². The zero-order valence-electron chi connectivity index (χ0n) is 9.94. The van der Waals surface area contributed by atoms with E-state index in [0.717, 1.165) is 12.8 Å². The van der Waals surface area contributed by atoms with Crippen LogP contribution >= 0.6 is 0 Å². The number of cyclic esters (lactones) is 1. The van der Waals surface area contributed by atoms with Gasteiger partial charge in [-0.25, -0.2) is 9.69 Å². The highest BCUT2D eigenvalue weighted by Crippen LogP contribution is 2.22. The lowest BCUT2D eigenvalue weighted by Gasteiger charge is -2.23. The van der Waals surface area contributed by atoms with Crippen LogP contribution < -0.4 is 0 Å². The molecule has 16 heavy (non-hydrogen) atoms. The van der Waals surface area contributed by atoms with Gasteiger partial charge in [-0.2, -0.15) is 0 Å². The molecule has 2 amide bonds. The van der Waals surface area contributed by atoms with E-state index in [2.05, 4.69) is 6.58 Å². The molecule has 0 bridgehead atoms. The second-order valence-corrected chi connectivity index (χ2v) is 4.09. The van der Waals surface area contributed by atoms with Crippen LogP contribution in [0.3, 0.4) is 0 Å². The summed E-state index contributed by atoms with van der Waals surface area (Å²) < 4.78 is 4.77. The number of nitrogens with zero attached hydrogens (tertiary/aromatic N) is 1. The fraction of sp³-hybridized carbons (Fsp3) is 0.667. The molecule has 0 aromatic heterocycles. The van der Waals surface area contributed by atoms with Gasteiger partial charge in [-0.1, -0.05) is 26.3 Å². The predicted molar refractivity (Wildman–Crippen MR) is 60.8 cm³/mol. The minimum Gasteiger partial charge on any atom is -0.447 e. The first kappa shape index (κ1) is 12.7. The van der Waals surface area contributed by atoms with Crippen LogP contribution in [0.2, 0.25) is 0 Å². The number of imide groups is 1. The van der Waals surface area contributed by atoms with Crippen LogP contribution in [0.5, 0.6) is 0 Å². The summed E-state index contributed by atoms with van der Waals surface area (Å²) in [6, 6.07) is 0. The Labute approximate surface area is 96.3 Å². The van der Waals surface area contributed by atoms with Crippen LogP contribution in [0.15, 0.2) is 12.7 Å². The van der Waals surface area contributed by atoms with Crippen molar-refractivity contribution >= 4 is 12.0 Å². The van der Waals surface area contributed by atoms with Crippen LogP contribution in [0.25, 0.3) is 0 Å². The lowest BCUT2D eigenvalue weighted by atomic mass is 9.89. The van der Waals surface area contributed by atoms with Gasteiger partial charge < -0.3 is 4.74 Å². The van der Waals surface area contributed by atoms with Gasteiger partial charge in [-0.3, -0.25) is 4.79 Å². The van der Waals surface area contributed by atoms with Crippen molar-refractivity contribution in [2.75, 3.05) is 13.2 Å². The molecule has 0 N–H and O–H groups in total. The van der Waals surface area contributed by atoms with Gasteiger partial charge in [0.2, 0.25) is 5.91 Å². The summed E-state index contributed by atoms with van der Waals surface area (Å²) in [4.78, 5) is 24.6. The van der Waals surface area contributed by atoms with Crippen LogP contribution in [-0.2, 0) is 9.53 Å². The van der Waals surface area contributed by atoms with E-state index in [1.165, 1.54) is 4.90 Å². The molecule has 2 unspecified atom stereocenters. The second-order valence-electron chi connectivity index (χ2n) is 4.09. The van der Waals surface area contributed by atoms with Crippen molar-refractivity contribution in [2.45, 2.75) is 26.7 Å². The Hall–Kier alpha value is -1.32. The maximum absolute atomic E-state index is 12.1. The van der Waals surface area contributed by atoms with Gasteiger partial charge in [0.25, 0.3) is 0 Å². The molecule has 0 aliphatic carbocycles. The first-order valence-corrected chi connectivity index (χ1v) is 5.72. The maximum Gasteiger partial charge on any atom is 0.416 e. The predicted octanol–water partition coefficient (Wildman–Crippen LogP) is 2.20. The summed E-state index contributed by atoms with van der Waals surface area (Å²) in [5.74, 6) is -0.203. The number of rotatable bonds is 5. The zero-order valence-corrected chi connectivity index (χ0v) is 9.94. The number of allylic oxidation sites excluding steroid dienone is 1. The largest absolute Gasteiger partial charge is 0.447 e. The molecule has 0 aromatic rings. The molecule has 1 heterocycles. The summed E-state index contributed by atoms with van der Waals surface area (Å²) in [6.07, 6.45) is 2.94. The zero-order chi connectivity index (χ0) is 12.1. The third kappa shape index (κ3) is 2.62. The molecule has 4 heteroatoms. The molecular formula is C12H19NO3. The second kappa shape index (κ2) is 5.68. The van der Waals surface area contributed by atoms with E-state index < -0.39 is 6.09 Å². The Morgan fingerprint density at radius 3 is 2.81 bits per heavy atom. The van der Waals surface area contributed by atoms with E-state index in [-0.39, 0.29) is 17.7 Å². The molecule has 4 nitrogen and oxygen atoms in total. The highest BCUT2D eigenvalue weighted by Gasteiger charge is 2.34. The van der Waals surface area contributed by atoms with E-state index in [9.17, 15) is 9.59 Å². The normalized spacial score (nSPS) is 19.1. The average molecular weight is 225 g/mol. The van der Waals surface area contributed by atoms with Crippen molar-refractivity contribution in [1.82, 2.24) is 4.90 Å². The summed E-state index contributed by atoms with van der Waals surface area (Å²) in [5, 5.41) is 0. The minimum absolute atomic E-state index is 0.0841. The molecule has 1 saturated heterocycles. The van der Waals surface area contributed by atoms with E-state index in [1.54, 1.807) is 6.08 Å². The smallest absolute Gasteiger partial charge is 0.416 e. The molecular weight excluding hydrogens is 206 g/mol. The van der Waals surface area contributed by atoms with Gasteiger partial charge in [-0.15, -0.1) is 6.58 Å². The molecule has 0 saturated carbocycles. The number of amides is 2. The van der Waals surface area contributed by atoms with Gasteiger partial charge in [0.15, 0.2) is 0 Å². The van der Waals surface area contributed by atoms with Crippen LogP contribution in [0.1, 0.15) is 26.7 Å². The Balaban J connectivity index is 2.73. The highest BCUT2D eigenvalue weighted by molar-refractivity contribution is 5.94. The quantitative estimate of drug-likeness (QED) is 0.674. The fourth-order valence-electron chi connectivity index (χ4n) is 1.88. The maximum atomic E-state index is 12.1. The molecule has 1 aliphatic heterocycles. The van der Waals surface area contributed by atoms with E-state index in [1.807, 2.05) is 13.8 Å². The monoisotopic (exact) mass is 225 g/mol. The molecule has 1 fully saturated rings. The van der Waals surface area contributed by atoms with E-state index >= 15 is 0 Å². The SMILES string of the molecule is C=CC(C)C(CCC)C(=O)N1CCOC1=O. The molecule has 1 rings (SSSR count). The average Bonchev–Trinajstić information content (AvgIpc) is 2.70. The molecule has 2 atom stereocenters. The third-order valence-corrected chi connectivity index (χ3v) is 2.95. The van der Waals surface area contributed by atoms with Crippen molar-refractivity contribution in [2.24, 2.45) is 11.8 Å². The van der Waals surface area contributed by atoms with Crippen LogP contribution in [-0.4, -0.2) is 30.1 Å². The van der Waals surface area contributed by atoms with Crippen molar-refractivity contribution in [3.05, 3.63) is 12.7 Å². The minimum atomic E-state index is -0.512. The first-order chi connectivity index (χ1) is 7.61. The Bertz CT molecular complexity index is 288. The standard InChI is InChI=1S/C12H19NO3/c1-4-6-10(9(3)5-2)11(14)13-7-8-16-12(13)15/h5,9-10H,2,4,6-8H2,1,3H3. The van der Waals surface area contributed by atoms with Gasteiger partial charge >= 0.3 is 6.09 Å². The number of hydrogen-bond donors (Lipinski definition) is 0. The topological polar surface area (TPSA) is 46.6 Å². The first-order valence-electron chi connectivity index (χ1n) is 5.72. The van der Waals surface area contributed by atoms with Gasteiger partial charge in [0, 0.05) is 5.92 Å². The van der Waals surface area contributed by atoms with Crippen molar-refractivity contribution in [3.63, 3.8) is 0 Å². The third-order valence-electron chi connectivity index (χ3n) is 2.95. The van der Waals surface area contributed by atoms with Gasteiger partial charge in [0.1, 0.15) is 6.61 Å². The molecule has 1 aliphatic rings. The molecule has 0 spiro atoms. The van der Waals surface area contributed by atoms with E-state index in [0.29, 0.717) is 13.2 Å². The lowest BCUT2D eigenvalue weighted by molar-refractivity contribution is -0.133. The Morgan fingerprint density at radius 1 is 1.69 bits per heavy atom. The molecule has 90 valence electrons. The summed E-state index contributed by atoms with van der Waals surface area (Å²) in [7, 11) is 0. The van der Waals surface area contributed by atoms with Crippen LogP contribution in [0, 0.1) is 11.8 Å². The van der Waals surface area contributed by atoms with Gasteiger partial charge in [0.05, 0.1) is 6.54 Å². The highest BCUT2D eigenvalue weighted by atomic mass is 16.6.